The van der Waals surface area contributed by atoms with Crippen molar-refractivity contribution in [3.63, 3.8) is 0 Å². The number of aromatic nitrogens is 2. The molecule has 5 nitrogen and oxygen atoms in total. The predicted octanol–water partition coefficient (Wildman–Crippen LogP) is 2.32. The quantitative estimate of drug-likeness (QED) is 0.913. The number of rotatable bonds is 5. The third kappa shape index (κ3) is 3.81. The van der Waals surface area contributed by atoms with Crippen LogP contribution in [0.2, 0.25) is 5.02 Å². The van der Waals surface area contributed by atoms with Crippen molar-refractivity contribution in [3.05, 3.63) is 46.6 Å². The van der Waals surface area contributed by atoms with Gasteiger partial charge in [-0.2, -0.15) is 0 Å². The van der Waals surface area contributed by atoms with E-state index in [1.165, 1.54) is 18.3 Å². The number of hydrogen-bond donors (Lipinski definition) is 1. The van der Waals surface area contributed by atoms with Crippen LogP contribution in [0.3, 0.4) is 0 Å². The highest BCUT2D eigenvalue weighted by molar-refractivity contribution is 7.89. The van der Waals surface area contributed by atoms with Gasteiger partial charge in [0.05, 0.1) is 5.02 Å². The molecule has 8 heteroatoms. The van der Waals surface area contributed by atoms with Gasteiger partial charge in [-0.15, -0.1) is 0 Å². The van der Waals surface area contributed by atoms with Gasteiger partial charge in [0, 0.05) is 19.2 Å². The van der Waals surface area contributed by atoms with Crippen molar-refractivity contribution in [2.45, 2.75) is 31.3 Å². The number of nitrogens with two attached hydrogens (primary N) is 1. The molecule has 0 aliphatic rings. The smallest absolute Gasteiger partial charge is 0.257 e. The summed E-state index contributed by atoms with van der Waals surface area (Å²) >= 11 is 5.64. The zero-order valence-electron chi connectivity index (χ0n) is 11.4. The van der Waals surface area contributed by atoms with Crippen LogP contribution >= 0.6 is 11.6 Å². The standard InChI is InChI=1S/C13H15ClFN3O2S/c1-2-3-12-17-13(21(16,19)20)8-18(12)7-9-4-5-10(14)11(15)6-9/h4-6,8H,2-3,7H2,1H3,(H2,16,19,20). The normalized spacial score (nSPS) is 11.8. The SMILES string of the molecule is CCCc1nc(S(N)(=O)=O)cn1Cc1ccc(Cl)c(F)c1. The van der Waals surface area contributed by atoms with Gasteiger partial charge in [-0.3, -0.25) is 0 Å². The molecular weight excluding hydrogens is 317 g/mol. The Labute approximate surface area is 127 Å². The molecule has 0 fully saturated rings. The lowest BCUT2D eigenvalue weighted by Crippen LogP contribution is -2.12. The maximum atomic E-state index is 13.5. The number of aryl methyl sites for hydroxylation is 1. The van der Waals surface area contributed by atoms with Crippen LogP contribution in [0.5, 0.6) is 0 Å². The van der Waals surface area contributed by atoms with Gasteiger partial charge in [0.15, 0.2) is 5.03 Å². The summed E-state index contributed by atoms with van der Waals surface area (Å²) in [5.41, 5.74) is 0.660. The number of imidazole rings is 1. The molecule has 0 bridgehead atoms. The molecule has 0 radical (unpaired) electrons. The molecule has 1 heterocycles. The molecule has 0 aliphatic heterocycles. The summed E-state index contributed by atoms with van der Waals surface area (Å²) in [4.78, 5) is 4.04. The van der Waals surface area contributed by atoms with Gasteiger partial charge in [0.1, 0.15) is 11.6 Å². The van der Waals surface area contributed by atoms with Crippen LogP contribution in [0.15, 0.2) is 29.4 Å². The van der Waals surface area contributed by atoms with Gasteiger partial charge >= 0.3 is 0 Å². The van der Waals surface area contributed by atoms with Gasteiger partial charge in [0.2, 0.25) is 0 Å². The van der Waals surface area contributed by atoms with Crippen molar-refractivity contribution in [2.75, 3.05) is 0 Å². The van der Waals surface area contributed by atoms with Gasteiger partial charge < -0.3 is 4.57 Å². The molecule has 1 aromatic heterocycles. The summed E-state index contributed by atoms with van der Waals surface area (Å²) in [6.45, 7) is 2.25. The lowest BCUT2D eigenvalue weighted by Gasteiger charge is -2.07. The number of nitrogens with zero attached hydrogens (tertiary/aromatic N) is 2. The van der Waals surface area contributed by atoms with Gasteiger partial charge in [-0.25, -0.2) is 22.9 Å². The minimum absolute atomic E-state index is 0.0448. The molecule has 0 atom stereocenters. The highest BCUT2D eigenvalue weighted by atomic mass is 35.5. The molecule has 114 valence electrons. The summed E-state index contributed by atoms with van der Waals surface area (Å²) in [5, 5.41) is 4.96. The predicted molar refractivity (Wildman–Crippen MR) is 78.1 cm³/mol. The number of hydrogen-bond acceptors (Lipinski definition) is 3. The first kappa shape index (κ1) is 15.9. The van der Waals surface area contributed by atoms with Crippen LogP contribution in [-0.2, 0) is 23.0 Å². The van der Waals surface area contributed by atoms with E-state index in [0.29, 0.717) is 24.4 Å². The van der Waals surface area contributed by atoms with E-state index in [4.69, 9.17) is 16.7 Å². The monoisotopic (exact) mass is 331 g/mol. The van der Waals surface area contributed by atoms with Crippen molar-refractivity contribution < 1.29 is 12.8 Å². The molecule has 2 aromatic rings. The van der Waals surface area contributed by atoms with Crippen LogP contribution < -0.4 is 5.14 Å². The fourth-order valence-corrected chi connectivity index (χ4v) is 2.58. The molecular formula is C13H15ClFN3O2S. The fourth-order valence-electron chi connectivity index (χ4n) is 1.96. The Morgan fingerprint density at radius 2 is 2.14 bits per heavy atom. The van der Waals surface area contributed by atoms with Crippen LogP contribution in [0, 0.1) is 5.82 Å². The minimum atomic E-state index is -3.86. The topological polar surface area (TPSA) is 78.0 Å². The molecule has 1 aromatic carbocycles. The zero-order chi connectivity index (χ0) is 15.6. The highest BCUT2D eigenvalue weighted by Gasteiger charge is 2.16. The molecule has 0 aliphatic carbocycles. The summed E-state index contributed by atoms with van der Waals surface area (Å²) in [7, 11) is -3.86. The molecule has 0 amide bonds. The molecule has 0 spiro atoms. The maximum Gasteiger partial charge on any atom is 0.257 e. The van der Waals surface area contributed by atoms with Gasteiger partial charge in [-0.05, 0) is 24.1 Å². The average Bonchev–Trinajstić information content (AvgIpc) is 2.78. The second-order valence-electron chi connectivity index (χ2n) is 4.67. The van der Waals surface area contributed by atoms with E-state index in [0.717, 1.165) is 6.42 Å². The number of sulfonamides is 1. The maximum absolute atomic E-state index is 13.5. The van der Waals surface area contributed by atoms with Crippen molar-refractivity contribution in [3.8, 4) is 0 Å². The van der Waals surface area contributed by atoms with Crippen molar-refractivity contribution >= 4 is 21.6 Å². The van der Waals surface area contributed by atoms with Crippen molar-refractivity contribution in [1.82, 2.24) is 9.55 Å². The van der Waals surface area contributed by atoms with E-state index in [-0.39, 0.29) is 10.0 Å². The Bertz CT molecular complexity index is 759. The third-order valence-corrected chi connectivity index (χ3v) is 4.03. The highest BCUT2D eigenvalue weighted by Crippen LogP contribution is 2.18. The van der Waals surface area contributed by atoms with Crippen LogP contribution in [0.25, 0.3) is 0 Å². The number of halogens is 2. The summed E-state index contributed by atoms with van der Waals surface area (Å²) in [6, 6.07) is 4.45. The molecule has 0 unspecified atom stereocenters. The Hall–Kier alpha value is -1.44. The molecule has 2 N–H and O–H groups in total. The second kappa shape index (κ2) is 6.13. The summed E-state index contributed by atoms with van der Waals surface area (Å²) in [5.74, 6) is 0.0786. The van der Waals surface area contributed by atoms with E-state index in [1.54, 1.807) is 10.6 Å². The average molecular weight is 332 g/mol. The molecule has 0 saturated carbocycles. The van der Waals surface area contributed by atoms with Crippen LogP contribution in [0.4, 0.5) is 4.39 Å². The Morgan fingerprint density at radius 1 is 1.43 bits per heavy atom. The van der Waals surface area contributed by atoms with Crippen molar-refractivity contribution in [1.29, 1.82) is 0 Å². The molecule has 0 saturated heterocycles. The van der Waals surface area contributed by atoms with E-state index in [9.17, 15) is 12.8 Å². The van der Waals surface area contributed by atoms with Crippen molar-refractivity contribution in [2.24, 2.45) is 5.14 Å². The van der Waals surface area contributed by atoms with E-state index in [2.05, 4.69) is 4.98 Å². The Kier molecular flexibility index (Phi) is 4.65. The fraction of sp³-hybridized carbons (Fsp3) is 0.308. The van der Waals surface area contributed by atoms with E-state index < -0.39 is 15.8 Å². The first-order chi connectivity index (χ1) is 9.81. The number of benzene rings is 1. The summed E-state index contributed by atoms with van der Waals surface area (Å²) < 4.78 is 37.9. The zero-order valence-corrected chi connectivity index (χ0v) is 13.0. The Balaban J connectivity index is 2.37. The largest absolute Gasteiger partial charge is 0.329 e. The molecule has 21 heavy (non-hydrogen) atoms. The Morgan fingerprint density at radius 3 is 2.71 bits per heavy atom. The second-order valence-corrected chi connectivity index (χ2v) is 6.58. The first-order valence-electron chi connectivity index (χ1n) is 6.34. The van der Waals surface area contributed by atoms with E-state index in [1.807, 2.05) is 6.92 Å². The number of primary sulfonamides is 1. The third-order valence-electron chi connectivity index (χ3n) is 2.94. The van der Waals surface area contributed by atoms with Gasteiger partial charge in [-0.1, -0.05) is 24.6 Å². The van der Waals surface area contributed by atoms with E-state index >= 15 is 0 Å². The summed E-state index contributed by atoms with van der Waals surface area (Å²) in [6.07, 6.45) is 2.77. The minimum Gasteiger partial charge on any atom is -0.329 e. The lowest BCUT2D eigenvalue weighted by atomic mass is 10.2. The first-order valence-corrected chi connectivity index (χ1v) is 8.26. The molecule has 2 rings (SSSR count). The van der Waals surface area contributed by atoms with Crippen LogP contribution in [-0.4, -0.2) is 18.0 Å². The lowest BCUT2D eigenvalue weighted by molar-refractivity contribution is 0.594. The van der Waals surface area contributed by atoms with Gasteiger partial charge in [0.25, 0.3) is 10.0 Å². The van der Waals surface area contributed by atoms with Crippen LogP contribution in [0.1, 0.15) is 24.7 Å².